The number of rotatable bonds is 7. The zero-order valence-electron chi connectivity index (χ0n) is 11.1. The Morgan fingerprint density at radius 3 is 2.89 bits per heavy atom. The van der Waals surface area contributed by atoms with Gasteiger partial charge in [0.15, 0.2) is 5.96 Å². The summed E-state index contributed by atoms with van der Waals surface area (Å²) in [6.07, 6.45) is 3.89. The molecule has 1 aromatic heterocycles. The first-order chi connectivity index (χ1) is 8.80. The molecule has 0 fully saturated rings. The maximum Gasteiger partial charge on any atom is 0.191 e. The van der Waals surface area contributed by atoms with Gasteiger partial charge in [-0.3, -0.25) is 4.99 Å². The lowest BCUT2D eigenvalue weighted by Crippen LogP contribution is -2.38. The van der Waals surface area contributed by atoms with Crippen LogP contribution in [0.4, 0.5) is 0 Å². The molecule has 1 rings (SSSR count). The fourth-order valence-electron chi connectivity index (χ4n) is 1.42. The van der Waals surface area contributed by atoms with Gasteiger partial charge in [0.05, 0.1) is 18.2 Å². The van der Waals surface area contributed by atoms with Crippen molar-refractivity contribution in [1.82, 2.24) is 15.6 Å². The highest BCUT2D eigenvalue weighted by atomic mass is 32.1. The van der Waals surface area contributed by atoms with E-state index in [-0.39, 0.29) is 6.61 Å². The quantitative estimate of drug-likeness (QED) is 0.506. The van der Waals surface area contributed by atoms with Crippen LogP contribution in [0.15, 0.2) is 11.2 Å². The van der Waals surface area contributed by atoms with Crippen LogP contribution in [-0.2, 0) is 12.8 Å². The average Bonchev–Trinajstić information content (AvgIpc) is 2.84. The predicted octanol–water partition coefficient (Wildman–Crippen LogP) is 0.795. The van der Waals surface area contributed by atoms with E-state index in [0.717, 1.165) is 36.9 Å². The van der Waals surface area contributed by atoms with Crippen LogP contribution in [0.2, 0.25) is 0 Å². The summed E-state index contributed by atoms with van der Waals surface area (Å²) < 4.78 is 0. The Kier molecular flexibility index (Phi) is 7.36. The zero-order chi connectivity index (χ0) is 13.2. The summed E-state index contributed by atoms with van der Waals surface area (Å²) in [5.41, 5.74) is 0. The van der Waals surface area contributed by atoms with E-state index in [1.807, 2.05) is 13.1 Å². The van der Waals surface area contributed by atoms with E-state index >= 15 is 0 Å². The molecule has 5 nitrogen and oxygen atoms in total. The van der Waals surface area contributed by atoms with E-state index in [0.29, 0.717) is 6.54 Å². The van der Waals surface area contributed by atoms with Gasteiger partial charge in [-0.05, 0) is 13.3 Å². The Morgan fingerprint density at radius 1 is 1.44 bits per heavy atom. The first-order valence-corrected chi connectivity index (χ1v) is 7.18. The summed E-state index contributed by atoms with van der Waals surface area (Å²) in [6.45, 7) is 6.27. The van der Waals surface area contributed by atoms with Crippen LogP contribution in [0.3, 0.4) is 0 Å². The van der Waals surface area contributed by atoms with E-state index < -0.39 is 0 Å². The normalized spacial score (nSPS) is 11.6. The van der Waals surface area contributed by atoms with Crippen LogP contribution in [0.25, 0.3) is 0 Å². The fraction of sp³-hybridized carbons (Fsp3) is 0.667. The minimum Gasteiger partial charge on any atom is -0.394 e. The molecule has 0 bridgehead atoms. The van der Waals surface area contributed by atoms with Gasteiger partial charge in [0.1, 0.15) is 0 Å². The van der Waals surface area contributed by atoms with Gasteiger partial charge in [-0.1, -0.05) is 6.92 Å². The van der Waals surface area contributed by atoms with Gasteiger partial charge in [-0.15, -0.1) is 11.3 Å². The lowest BCUT2D eigenvalue weighted by Gasteiger charge is -2.09. The number of aliphatic hydroxyl groups excluding tert-OH is 1. The molecule has 0 aliphatic carbocycles. The van der Waals surface area contributed by atoms with E-state index in [4.69, 9.17) is 5.11 Å². The minimum absolute atomic E-state index is 0.0723. The lowest BCUT2D eigenvalue weighted by molar-refractivity contribution is 0.306. The number of aliphatic imine (C=N–C) groups is 1. The molecule has 1 heterocycles. The van der Waals surface area contributed by atoms with Gasteiger partial charge in [0.2, 0.25) is 0 Å². The molecule has 0 amide bonds. The van der Waals surface area contributed by atoms with Crippen molar-refractivity contribution in [3.05, 3.63) is 16.1 Å². The van der Waals surface area contributed by atoms with Crippen molar-refractivity contribution in [2.45, 2.75) is 26.7 Å². The highest BCUT2D eigenvalue weighted by Gasteiger charge is 2.01. The summed E-state index contributed by atoms with van der Waals surface area (Å²) in [6, 6.07) is 0. The molecule has 0 aliphatic rings. The molecular formula is C12H22N4OS. The topological polar surface area (TPSA) is 69.5 Å². The van der Waals surface area contributed by atoms with Gasteiger partial charge in [-0.25, -0.2) is 4.98 Å². The number of aromatic nitrogens is 1. The summed E-state index contributed by atoms with van der Waals surface area (Å²) in [5.74, 6) is 0.749. The second kappa shape index (κ2) is 8.88. The molecule has 3 N–H and O–H groups in total. The van der Waals surface area contributed by atoms with Crippen molar-refractivity contribution in [3.8, 4) is 0 Å². The maximum atomic E-state index is 8.75. The van der Waals surface area contributed by atoms with Crippen LogP contribution < -0.4 is 10.6 Å². The second-order valence-electron chi connectivity index (χ2n) is 3.73. The van der Waals surface area contributed by atoms with Gasteiger partial charge in [0, 0.05) is 30.6 Å². The molecule has 0 radical (unpaired) electrons. The second-order valence-corrected chi connectivity index (χ2v) is 4.93. The summed E-state index contributed by atoms with van der Waals surface area (Å²) >= 11 is 1.76. The first-order valence-electron chi connectivity index (χ1n) is 6.36. The first kappa shape index (κ1) is 14.9. The molecule has 6 heteroatoms. The minimum atomic E-state index is 0.0723. The number of aryl methyl sites for hydroxylation is 1. The summed E-state index contributed by atoms with van der Waals surface area (Å²) in [7, 11) is 0. The van der Waals surface area contributed by atoms with Crippen molar-refractivity contribution in [1.29, 1.82) is 0 Å². The molecule has 0 aliphatic heterocycles. The molecule has 0 saturated carbocycles. The van der Waals surface area contributed by atoms with Gasteiger partial charge in [-0.2, -0.15) is 0 Å². The zero-order valence-corrected chi connectivity index (χ0v) is 11.9. The van der Waals surface area contributed by atoms with E-state index in [1.165, 1.54) is 4.88 Å². The molecule has 18 heavy (non-hydrogen) atoms. The van der Waals surface area contributed by atoms with Crippen LogP contribution in [-0.4, -0.2) is 42.3 Å². The Hall–Kier alpha value is -1.14. The molecule has 0 atom stereocenters. The maximum absolute atomic E-state index is 8.75. The van der Waals surface area contributed by atoms with Crippen molar-refractivity contribution in [3.63, 3.8) is 0 Å². The van der Waals surface area contributed by atoms with Crippen LogP contribution in [0, 0.1) is 0 Å². The predicted molar refractivity (Wildman–Crippen MR) is 76.3 cm³/mol. The molecule has 0 spiro atoms. The lowest BCUT2D eigenvalue weighted by atomic mass is 10.4. The number of thiazole rings is 1. The third kappa shape index (κ3) is 5.46. The highest BCUT2D eigenvalue weighted by molar-refractivity contribution is 7.11. The molecule has 1 aromatic rings. The van der Waals surface area contributed by atoms with Crippen LogP contribution in [0.5, 0.6) is 0 Å². The monoisotopic (exact) mass is 270 g/mol. The van der Waals surface area contributed by atoms with Crippen LogP contribution >= 0.6 is 11.3 Å². The van der Waals surface area contributed by atoms with Gasteiger partial charge >= 0.3 is 0 Å². The molecule has 0 unspecified atom stereocenters. The average molecular weight is 270 g/mol. The van der Waals surface area contributed by atoms with Crippen molar-refractivity contribution < 1.29 is 5.11 Å². The standard InChI is InChI=1S/C12H22N4OS/c1-3-10-9-16-11(18-10)5-6-14-12(13-4-2)15-7-8-17/h9,17H,3-8H2,1-2H3,(H2,13,14,15). The van der Waals surface area contributed by atoms with Crippen molar-refractivity contribution >= 4 is 17.3 Å². The number of hydrogen-bond donors (Lipinski definition) is 3. The van der Waals surface area contributed by atoms with Crippen molar-refractivity contribution in [2.24, 2.45) is 4.99 Å². The Bertz CT molecular complexity index is 365. The number of hydrogen-bond acceptors (Lipinski definition) is 4. The van der Waals surface area contributed by atoms with Gasteiger partial charge < -0.3 is 15.7 Å². The molecule has 102 valence electrons. The largest absolute Gasteiger partial charge is 0.394 e. The third-order valence-corrected chi connectivity index (χ3v) is 3.50. The molecule has 0 aromatic carbocycles. The van der Waals surface area contributed by atoms with Crippen LogP contribution in [0.1, 0.15) is 23.7 Å². The van der Waals surface area contributed by atoms with Crippen molar-refractivity contribution in [2.75, 3.05) is 26.2 Å². The summed E-state index contributed by atoms with van der Waals surface area (Å²) in [4.78, 5) is 9.91. The van der Waals surface area contributed by atoms with E-state index in [9.17, 15) is 0 Å². The highest BCUT2D eigenvalue weighted by Crippen LogP contribution is 2.13. The third-order valence-electron chi connectivity index (χ3n) is 2.30. The summed E-state index contributed by atoms with van der Waals surface area (Å²) in [5, 5.41) is 16.3. The van der Waals surface area contributed by atoms with Gasteiger partial charge in [0.25, 0.3) is 0 Å². The molecular weight excluding hydrogens is 248 g/mol. The number of guanidine groups is 1. The Morgan fingerprint density at radius 2 is 2.28 bits per heavy atom. The molecule has 0 saturated heterocycles. The Balaban J connectivity index is 2.33. The SMILES string of the molecule is CCNC(=NCCO)NCCc1ncc(CC)s1. The smallest absolute Gasteiger partial charge is 0.191 e. The van der Waals surface area contributed by atoms with E-state index in [1.54, 1.807) is 11.3 Å². The number of nitrogens with zero attached hydrogens (tertiary/aromatic N) is 2. The number of aliphatic hydroxyl groups is 1. The number of nitrogens with one attached hydrogen (secondary N) is 2. The Labute approximate surface area is 112 Å². The fourth-order valence-corrected chi connectivity index (χ4v) is 2.28. The van der Waals surface area contributed by atoms with E-state index in [2.05, 4.69) is 27.5 Å².